The van der Waals surface area contributed by atoms with Crippen LogP contribution in [0.2, 0.25) is 19.6 Å². The molecule has 1 nitrogen and oxygen atoms in total. The van der Waals surface area contributed by atoms with E-state index < -0.39 is 8.07 Å². The summed E-state index contributed by atoms with van der Waals surface area (Å²) in [7, 11) is -1.68. The lowest BCUT2D eigenvalue weighted by Crippen LogP contribution is -2.35. The maximum atomic E-state index is 11.9. The molecule has 0 aromatic heterocycles. The van der Waals surface area contributed by atoms with Gasteiger partial charge in [-0.3, -0.25) is 0 Å². The fraction of sp³-hybridized carbons (Fsp3) is 0.545. The summed E-state index contributed by atoms with van der Waals surface area (Å²) in [4.78, 5) is 11.9. The van der Waals surface area contributed by atoms with Crippen LogP contribution in [-0.4, -0.2) is 13.5 Å². The second kappa shape index (κ2) is 4.56. The van der Waals surface area contributed by atoms with Crippen molar-refractivity contribution < 1.29 is 4.79 Å². The second-order valence-corrected chi connectivity index (χ2v) is 9.55. The first kappa shape index (κ1) is 12.4. The molecule has 0 radical (unpaired) electrons. The zero-order valence-corrected chi connectivity index (χ0v) is 10.3. The number of allylic oxidation sites excluding steroid dienone is 3. The zero-order valence-electron chi connectivity index (χ0n) is 9.35. The molecule has 74 valence electrons. The van der Waals surface area contributed by atoms with Crippen LogP contribution in [0.3, 0.4) is 0 Å². The lowest BCUT2D eigenvalue weighted by molar-refractivity contribution is -0.109. The van der Waals surface area contributed by atoms with Gasteiger partial charge in [0.15, 0.2) is 0 Å². The van der Waals surface area contributed by atoms with Gasteiger partial charge in [0, 0.05) is 0 Å². The lowest BCUT2D eigenvalue weighted by Gasteiger charge is -2.19. The smallest absolute Gasteiger partial charge is 0.136 e. The molecule has 0 fully saturated rings. The van der Waals surface area contributed by atoms with E-state index in [-0.39, 0.29) is 0 Å². The maximum Gasteiger partial charge on any atom is 0.136 e. The summed E-state index contributed by atoms with van der Waals surface area (Å²) in [5.74, 6) is 0.303. The van der Waals surface area contributed by atoms with Crippen LogP contribution in [0.25, 0.3) is 0 Å². The molecule has 0 spiro atoms. The van der Waals surface area contributed by atoms with E-state index in [0.717, 1.165) is 5.57 Å². The van der Waals surface area contributed by atoms with Crippen molar-refractivity contribution in [3.8, 4) is 0 Å². The normalized spacial score (nSPS) is 13.2. The minimum absolute atomic E-state index is 0.303. The first-order chi connectivity index (χ1) is 5.80. The van der Waals surface area contributed by atoms with Gasteiger partial charge in [-0.15, -0.1) is 0 Å². The highest BCUT2D eigenvalue weighted by molar-refractivity contribution is 7.05. The van der Waals surface area contributed by atoms with Crippen molar-refractivity contribution in [1.29, 1.82) is 0 Å². The van der Waals surface area contributed by atoms with Crippen LogP contribution < -0.4 is 0 Å². The minimum atomic E-state index is -1.68. The third-order valence-corrected chi connectivity index (χ3v) is 3.51. The molecular weight excluding hydrogens is 176 g/mol. The van der Waals surface area contributed by atoms with E-state index in [4.69, 9.17) is 0 Å². The lowest BCUT2D eigenvalue weighted by atomic mass is 10.0. The molecule has 0 bridgehead atoms. The number of hydrogen-bond acceptors (Lipinski definition) is 1. The molecule has 0 aliphatic rings. The first-order valence-electron chi connectivity index (χ1n) is 4.68. The van der Waals surface area contributed by atoms with E-state index in [2.05, 4.69) is 26.2 Å². The molecule has 0 aromatic carbocycles. The third-order valence-electron chi connectivity index (χ3n) is 1.86. The Labute approximate surface area is 82.6 Å². The zero-order chi connectivity index (χ0) is 10.6. The molecule has 0 N–H and O–H groups in total. The molecule has 0 atom stereocenters. The van der Waals surface area contributed by atoms with E-state index in [0.29, 0.717) is 11.3 Å². The third kappa shape index (κ3) is 3.72. The fourth-order valence-corrected chi connectivity index (χ4v) is 2.33. The molecule has 13 heavy (non-hydrogen) atoms. The maximum absolute atomic E-state index is 11.9. The Kier molecular flexibility index (Phi) is 4.34. The van der Waals surface area contributed by atoms with E-state index in [1.54, 1.807) is 6.08 Å². The Hall–Kier alpha value is -0.633. The summed E-state index contributed by atoms with van der Waals surface area (Å²) in [6, 6.07) is 0. The van der Waals surface area contributed by atoms with Crippen LogP contribution >= 0.6 is 0 Å². The molecule has 0 saturated carbocycles. The van der Waals surface area contributed by atoms with Gasteiger partial charge in [-0.2, -0.15) is 0 Å². The molecule has 0 heterocycles. The molecule has 0 aliphatic carbocycles. The predicted octanol–water partition coefficient (Wildman–Crippen LogP) is 3.20. The van der Waals surface area contributed by atoms with Gasteiger partial charge in [-0.25, -0.2) is 0 Å². The van der Waals surface area contributed by atoms with Crippen LogP contribution in [0.1, 0.15) is 13.8 Å². The highest BCUT2D eigenvalue weighted by Crippen LogP contribution is 2.17. The minimum Gasteiger partial charge on any atom is -0.300 e. The Morgan fingerprint density at radius 3 is 2.00 bits per heavy atom. The van der Waals surface area contributed by atoms with E-state index in [1.807, 2.05) is 19.9 Å². The average molecular weight is 196 g/mol. The van der Waals surface area contributed by atoms with E-state index >= 15 is 0 Å². The molecule has 2 heteroatoms. The number of hydrogen-bond donors (Lipinski definition) is 0. The number of carbonyl (C=O) groups excluding carboxylic acids is 1. The highest BCUT2D eigenvalue weighted by atomic mass is 28.3. The van der Waals surface area contributed by atoms with Crippen LogP contribution in [0.5, 0.6) is 0 Å². The van der Waals surface area contributed by atoms with Gasteiger partial charge in [0.2, 0.25) is 0 Å². The van der Waals surface area contributed by atoms with Gasteiger partial charge < -0.3 is 4.79 Å². The summed E-state index contributed by atoms with van der Waals surface area (Å²) < 4.78 is 0. The Bertz CT molecular complexity index is 231. The van der Waals surface area contributed by atoms with Crippen LogP contribution in [-0.2, 0) is 4.79 Å². The standard InChI is InChI=1S/C11H20OSi/c1-7-8-10(9(2)3)11(12)13(4,5)6/h7-9H,1H2,2-6H3/b10-8+. The molecule has 0 amide bonds. The highest BCUT2D eigenvalue weighted by Gasteiger charge is 2.27. The quantitative estimate of drug-likeness (QED) is 0.383. The van der Waals surface area contributed by atoms with Crippen LogP contribution in [0.15, 0.2) is 24.3 Å². The van der Waals surface area contributed by atoms with Crippen molar-refractivity contribution in [3.63, 3.8) is 0 Å². The fourth-order valence-electron chi connectivity index (χ4n) is 1.09. The van der Waals surface area contributed by atoms with Crippen molar-refractivity contribution in [2.75, 3.05) is 0 Å². The summed E-state index contributed by atoms with van der Waals surface area (Å²) in [5, 5.41) is 0.349. The first-order valence-corrected chi connectivity index (χ1v) is 8.18. The SMILES string of the molecule is C=C/C=C(/C(=O)[Si](C)(C)C)C(C)C. The molecule has 0 saturated heterocycles. The predicted molar refractivity (Wildman–Crippen MR) is 61.5 cm³/mol. The average Bonchev–Trinajstić information content (AvgIpc) is 1.96. The van der Waals surface area contributed by atoms with Gasteiger partial charge in [0.1, 0.15) is 13.5 Å². The molecule has 0 aliphatic heterocycles. The number of rotatable bonds is 4. The summed E-state index contributed by atoms with van der Waals surface area (Å²) in [5.41, 5.74) is 0.925. The van der Waals surface area contributed by atoms with E-state index in [1.165, 1.54) is 0 Å². The van der Waals surface area contributed by atoms with Gasteiger partial charge >= 0.3 is 0 Å². The monoisotopic (exact) mass is 196 g/mol. The Morgan fingerprint density at radius 1 is 1.31 bits per heavy atom. The summed E-state index contributed by atoms with van der Waals surface area (Å²) in [6.45, 7) is 14.0. The summed E-state index contributed by atoms with van der Waals surface area (Å²) in [6.07, 6.45) is 3.55. The largest absolute Gasteiger partial charge is 0.300 e. The van der Waals surface area contributed by atoms with Gasteiger partial charge in [-0.1, -0.05) is 52.2 Å². The van der Waals surface area contributed by atoms with Crippen molar-refractivity contribution in [2.45, 2.75) is 33.5 Å². The Balaban J connectivity index is 4.89. The summed E-state index contributed by atoms with van der Waals surface area (Å²) >= 11 is 0. The van der Waals surface area contributed by atoms with Crippen LogP contribution in [0, 0.1) is 5.92 Å². The van der Waals surface area contributed by atoms with E-state index in [9.17, 15) is 4.79 Å². The number of carbonyl (C=O) groups is 1. The van der Waals surface area contributed by atoms with Gasteiger partial charge in [0.25, 0.3) is 0 Å². The van der Waals surface area contributed by atoms with Crippen molar-refractivity contribution in [3.05, 3.63) is 24.3 Å². The topological polar surface area (TPSA) is 17.1 Å². The van der Waals surface area contributed by atoms with Crippen molar-refractivity contribution in [2.24, 2.45) is 5.92 Å². The molecular formula is C11H20OSi. The molecule has 0 unspecified atom stereocenters. The van der Waals surface area contributed by atoms with Crippen molar-refractivity contribution >= 4 is 13.5 Å². The van der Waals surface area contributed by atoms with Crippen molar-refractivity contribution in [1.82, 2.24) is 0 Å². The van der Waals surface area contributed by atoms with Gasteiger partial charge in [-0.05, 0) is 11.5 Å². The van der Waals surface area contributed by atoms with Gasteiger partial charge in [0.05, 0.1) is 0 Å². The molecule has 0 rings (SSSR count). The molecule has 0 aromatic rings. The second-order valence-electron chi connectivity index (χ2n) is 4.59. The van der Waals surface area contributed by atoms with Crippen LogP contribution in [0.4, 0.5) is 0 Å². The Morgan fingerprint density at radius 2 is 1.77 bits per heavy atom.